The highest BCUT2D eigenvalue weighted by Crippen LogP contribution is 2.23. The van der Waals surface area contributed by atoms with Crippen LogP contribution < -0.4 is 5.32 Å². The van der Waals surface area contributed by atoms with Crippen molar-refractivity contribution in [2.24, 2.45) is 4.99 Å². The summed E-state index contributed by atoms with van der Waals surface area (Å²) in [5, 5.41) is 3.33. The maximum absolute atomic E-state index is 4.36. The number of aryl methyl sites for hydroxylation is 1. The normalized spacial score (nSPS) is 11.3. The predicted octanol–water partition coefficient (Wildman–Crippen LogP) is 5.36. The van der Waals surface area contributed by atoms with Crippen molar-refractivity contribution in [3.63, 3.8) is 0 Å². The van der Waals surface area contributed by atoms with Gasteiger partial charge < -0.3 is 5.32 Å². The summed E-state index contributed by atoms with van der Waals surface area (Å²) in [6.07, 6.45) is 4.61. The molecule has 21 heavy (non-hydrogen) atoms. The van der Waals surface area contributed by atoms with E-state index in [0.29, 0.717) is 0 Å². The van der Waals surface area contributed by atoms with Crippen LogP contribution in [0.5, 0.6) is 0 Å². The molecule has 0 spiro atoms. The quantitative estimate of drug-likeness (QED) is 0.438. The Kier molecular flexibility index (Phi) is 6.45. The van der Waals surface area contributed by atoms with Gasteiger partial charge in [-0.3, -0.25) is 0 Å². The van der Waals surface area contributed by atoms with E-state index in [1.54, 1.807) is 6.20 Å². The maximum Gasteiger partial charge on any atom is 0.132 e. The van der Waals surface area contributed by atoms with E-state index >= 15 is 0 Å². The minimum atomic E-state index is 0.777. The van der Waals surface area contributed by atoms with E-state index in [0.717, 1.165) is 29.1 Å². The first-order valence-electron chi connectivity index (χ1n) is 7.15. The molecule has 0 fully saturated rings. The number of benzene rings is 1. The summed E-state index contributed by atoms with van der Waals surface area (Å²) < 4.78 is 0. The van der Waals surface area contributed by atoms with Crippen LogP contribution >= 0.6 is 0 Å². The van der Waals surface area contributed by atoms with Crippen LogP contribution in [0.3, 0.4) is 0 Å². The Labute approximate surface area is 128 Å². The fraction of sp³-hybridized carbons (Fsp3) is 0.263. The SMILES string of the molecule is C=C=C(C)c1ccc(NC(=N/C=C\C)C(=C)C)cc1CC. The molecule has 0 saturated heterocycles. The summed E-state index contributed by atoms with van der Waals surface area (Å²) in [5.41, 5.74) is 8.40. The molecule has 0 aliphatic carbocycles. The first kappa shape index (κ1) is 16.7. The highest BCUT2D eigenvalue weighted by Gasteiger charge is 2.06. The predicted molar refractivity (Wildman–Crippen MR) is 94.7 cm³/mol. The minimum Gasteiger partial charge on any atom is -0.340 e. The van der Waals surface area contributed by atoms with Crippen LogP contribution in [-0.2, 0) is 6.42 Å². The lowest BCUT2D eigenvalue weighted by Crippen LogP contribution is -2.12. The van der Waals surface area contributed by atoms with Crippen molar-refractivity contribution in [1.29, 1.82) is 0 Å². The number of anilines is 1. The Hall–Kier alpha value is -2.31. The molecule has 0 atom stereocenters. The average molecular weight is 280 g/mol. The Bertz CT molecular complexity index is 627. The summed E-state index contributed by atoms with van der Waals surface area (Å²) in [6.45, 7) is 15.7. The van der Waals surface area contributed by atoms with Gasteiger partial charge >= 0.3 is 0 Å². The third-order valence-electron chi connectivity index (χ3n) is 3.18. The molecule has 1 aromatic rings. The topological polar surface area (TPSA) is 24.4 Å². The van der Waals surface area contributed by atoms with Crippen molar-refractivity contribution < 1.29 is 0 Å². The molecule has 2 nitrogen and oxygen atoms in total. The zero-order valence-electron chi connectivity index (χ0n) is 13.5. The van der Waals surface area contributed by atoms with Gasteiger partial charge in [0.15, 0.2) is 0 Å². The molecule has 0 bridgehead atoms. The van der Waals surface area contributed by atoms with E-state index in [4.69, 9.17) is 0 Å². The third-order valence-corrected chi connectivity index (χ3v) is 3.18. The molecule has 1 N–H and O–H groups in total. The van der Waals surface area contributed by atoms with E-state index in [9.17, 15) is 0 Å². The van der Waals surface area contributed by atoms with Crippen LogP contribution in [0.4, 0.5) is 5.69 Å². The second kappa shape index (κ2) is 8.08. The van der Waals surface area contributed by atoms with Gasteiger partial charge in [0, 0.05) is 11.9 Å². The first-order chi connectivity index (χ1) is 10.0. The molecule has 0 saturated carbocycles. The number of rotatable bonds is 5. The summed E-state index contributed by atoms with van der Waals surface area (Å²) in [6, 6.07) is 6.29. The molecule has 2 heteroatoms. The number of aliphatic imine (C=N–C) groups is 1. The lowest BCUT2D eigenvalue weighted by atomic mass is 9.99. The van der Waals surface area contributed by atoms with Crippen molar-refractivity contribution in [3.05, 3.63) is 66.1 Å². The van der Waals surface area contributed by atoms with Crippen molar-refractivity contribution >= 4 is 17.1 Å². The van der Waals surface area contributed by atoms with Gasteiger partial charge in [0.05, 0.1) is 0 Å². The lowest BCUT2D eigenvalue weighted by Gasteiger charge is -2.13. The Morgan fingerprint density at radius 2 is 2.10 bits per heavy atom. The highest BCUT2D eigenvalue weighted by molar-refractivity contribution is 6.07. The lowest BCUT2D eigenvalue weighted by molar-refractivity contribution is 1.13. The number of nitrogens with one attached hydrogen (secondary N) is 1. The molecule has 0 heterocycles. The molecule has 0 amide bonds. The Morgan fingerprint density at radius 3 is 2.62 bits per heavy atom. The first-order valence-corrected chi connectivity index (χ1v) is 7.15. The van der Waals surface area contributed by atoms with Gasteiger partial charge in [0.25, 0.3) is 0 Å². The minimum absolute atomic E-state index is 0.777. The zero-order chi connectivity index (χ0) is 15.8. The van der Waals surface area contributed by atoms with Gasteiger partial charge in [0.2, 0.25) is 0 Å². The highest BCUT2D eigenvalue weighted by atomic mass is 15.0. The van der Waals surface area contributed by atoms with Crippen LogP contribution in [0.25, 0.3) is 5.57 Å². The summed E-state index contributed by atoms with van der Waals surface area (Å²) >= 11 is 0. The van der Waals surface area contributed by atoms with Crippen LogP contribution in [0, 0.1) is 0 Å². The summed E-state index contributed by atoms with van der Waals surface area (Å²) in [7, 11) is 0. The fourth-order valence-corrected chi connectivity index (χ4v) is 1.96. The van der Waals surface area contributed by atoms with Gasteiger partial charge in [-0.15, -0.1) is 5.73 Å². The number of allylic oxidation sites excluding steroid dienone is 2. The molecule has 0 unspecified atom stereocenters. The number of nitrogens with zero attached hydrogens (tertiary/aromatic N) is 1. The van der Waals surface area contributed by atoms with Gasteiger partial charge in [-0.2, -0.15) is 0 Å². The van der Waals surface area contributed by atoms with Crippen molar-refractivity contribution in [1.82, 2.24) is 0 Å². The molecule has 0 aromatic heterocycles. The van der Waals surface area contributed by atoms with Crippen LogP contribution in [0.2, 0.25) is 0 Å². The smallest absolute Gasteiger partial charge is 0.132 e. The number of hydrogen-bond donors (Lipinski definition) is 1. The third kappa shape index (κ3) is 4.62. The molecule has 0 aliphatic rings. The summed E-state index contributed by atoms with van der Waals surface area (Å²) in [4.78, 5) is 4.36. The summed E-state index contributed by atoms with van der Waals surface area (Å²) in [5.74, 6) is 0.777. The largest absolute Gasteiger partial charge is 0.340 e. The van der Waals surface area contributed by atoms with Crippen LogP contribution in [-0.4, -0.2) is 5.84 Å². The number of amidine groups is 1. The molecule has 110 valence electrons. The van der Waals surface area contributed by atoms with E-state index in [1.165, 1.54) is 11.1 Å². The van der Waals surface area contributed by atoms with E-state index in [2.05, 4.69) is 48.3 Å². The van der Waals surface area contributed by atoms with Gasteiger partial charge in [-0.1, -0.05) is 32.2 Å². The monoisotopic (exact) mass is 280 g/mol. The Balaban J connectivity index is 3.15. The number of hydrogen-bond acceptors (Lipinski definition) is 1. The second-order valence-electron chi connectivity index (χ2n) is 4.89. The standard InChI is InChI=1S/C19H24N2/c1-7-12-20-19(14(4)5)21-17-10-11-18(15(6)8-2)16(9-3)13-17/h7,10-13H,2,4,9H2,1,3,5-6H3,(H,20,21)/b12-7-. The average Bonchev–Trinajstić information content (AvgIpc) is 2.50. The van der Waals surface area contributed by atoms with Crippen LogP contribution in [0.15, 0.2) is 59.9 Å². The molecular weight excluding hydrogens is 256 g/mol. The van der Waals surface area contributed by atoms with Crippen molar-refractivity contribution in [3.8, 4) is 0 Å². The van der Waals surface area contributed by atoms with Crippen LogP contribution in [0.1, 0.15) is 38.8 Å². The van der Waals surface area contributed by atoms with Crippen molar-refractivity contribution in [2.75, 3.05) is 5.32 Å². The van der Waals surface area contributed by atoms with E-state index in [1.807, 2.05) is 32.9 Å². The maximum atomic E-state index is 4.36. The molecule has 0 radical (unpaired) electrons. The molecule has 1 rings (SSSR count). The van der Waals surface area contributed by atoms with Crippen molar-refractivity contribution in [2.45, 2.75) is 34.1 Å². The second-order valence-corrected chi connectivity index (χ2v) is 4.89. The van der Waals surface area contributed by atoms with Gasteiger partial charge in [0.1, 0.15) is 5.84 Å². The Morgan fingerprint density at radius 1 is 1.38 bits per heavy atom. The van der Waals surface area contributed by atoms with Gasteiger partial charge in [-0.25, -0.2) is 4.99 Å². The van der Waals surface area contributed by atoms with E-state index < -0.39 is 0 Å². The van der Waals surface area contributed by atoms with E-state index in [-0.39, 0.29) is 0 Å². The zero-order valence-corrected chi connectivity index (χ0v) is 13.5. The molecule has 1 aromatic carbocycles. The van der Waals surface area contributed by atoms with Gasteiger partial charge in [-0.05, 0) is 61.6 Å². The molecular formula is C19H24N2. The molecule has 0 aliphatic heterocycles. The fourth-order valence-electron chi connectivity index (χ4n) is 1.96.